The minimum Gasteiger partial charge on any atom is -0.486 e. The minimum absolute atomic E-state index is 0.0202. The van der Waals surface area contributed by atoms with Crippen molar-refractivity contribution in [1.82, 2.24) is 5.32 Å². The van der Waals surface area contributed by atoms with Gasteiger partial charge in [-0.3, -0.25) is 9.10 Å². The van der Waals surface area contributed by atoms with Crippen LogP contribution in [0.1, 0.15) is 22.7 Å². The molecule has 0 saturated heterocycles. The van der Waals surface area contributed by atoms with Crippen molar-refractivity contribution in [2.24, 2.45) is 0 Å². The molecule has 0 fully saturated rings. The molecule has 0 saturated carbocycles. The summed E-state index contributed by atoms with van der Waals surface area (Å²) in [5, 5.41) is 2.98. The van der Waals surface area contributed by atoms with Gasteiger partial charge in [0.2, 0.25) is 5.91 Å². The highest BCUT2D eigenvalue weighted by atomic mass is 32.2. The van der Waals surface area contributed by atoms with Gasteiger partial charge >= 0.3 is 0 Å². The number of ether oxygens (including phenoxy) is 2. The molecule has 1 amide bonds. The number of nitrogens with zero attached hydrogens (tertiary/aromatic N) is 1. The fraction of sp³-hybridized carbons (Fsp3) is 0.167. The summed E-state index contributed by atoms with van der Waals surface area (Å²) in [5.41, 5.74) is 2.72. The maximum absolute atomic E-state index is 14.2. The second kappa shape index (κ2) is 11.2. The third-order valence-electron chi connectivity index (χ3n) is 6.30. The molecule has 1 aliphatic heterocycles. The van der Waals surface area contributed by atoms with E-state index in [0.29, 0.717) is 12.4 Å². The van der Waals surface area contributed by atoms with Crippen LogP contribution in [0.2, 0.25) is 0 Å². The Morgan fingerprint density at radius 1 is 0.872 bits per heavy atom. The summed E-state index contributed by atoms with van der Waals surface area (Å²) < 4.78 is 53.9. The minimum atomic E-state index is -4.30. The fourth-order valence-electron chi connectivity index (χ4n) is 4.45. The van der Waals surface area contributed by atoms with E-state index in [-0.39, 0.29) is 22.9 Å². The summed E-state index contributed by atoms with van der Waals surface area (Å²) in [7, 11) is -4.30. The molecule has 200 valence electrons. The molecule has 4 aromatic rings. The van der Waals surface area contributed by atoms with Gasteiger partial charge in [-0.15, -0.1) is 0 Å². The highest BCUT2D eigenvalue weighted by molar-refractivity contribution is 7.92. The Hall–Kier alpha value is -4.37. The number of amides is 1. The van der Waals surface area contributed by atoms with Crippen molar-refractivity contribution in [2.75, 3.05) is 24.1 Å². The standard InChI is InChI=1S/C30H27FN2O5S/c1-21-7-5-10-23(17-21)30(22-8-3-2-4-9-22)32-29(34)20-33(25-12-6-11-24(31)18-25)39(35,36)26-13-14-27-28(19-26)38-16-15-37-27/h2-14,17-19,30H,15-16,20H2,1H3,(H,32,34). The third-order valence-corrected chi connectivity index (χ3v) is 8.07. The second-order valence-electron chi connectivity index (χ2n) is 9.12. The summed E-state index contributed by atoms with van der Waals surface area (Å²) in [6, 6.07) is 26.0. The zero-order chi connectivity index (χ0) is 27.4. The topological polar surface area (TPSA) is 84.9 Å². The molecule has 9 heteroatoms. The molecule has 0 bridgehead atoms. The number of hydrogen-bond donors (Lipinski definition) is 1. The number of rotatable bonds is 8. The van der Waals surface area contributed by atoms with Crippen molar-refractivity contribution in [3.05, 3.63) is 120 Å². The Balaban J connectivity index is 1.49. The van der Waals surface area contributed by atoms with Crippen LogP contribution in [0.15, 0.2) is 102 Å². The summed E-state index contributed by atoms with van der Waals surface area (Å²) in [6.07, 6.45) is 0. The smallest absolute Gasteiger partial charge is 0.264 e. The van der Waals surface area contributed by atoms with E-state index in [0.717, 1.165) is 27.1 Å². The molecule has 5 rings (SSSR count). The first-order valence-corrected chi connectivity index (χ1v) is 13.8. The lowest BCUT2D eigenvalue weighted by Crippen LogP contribution is -2.42. The molecule has 1 unspecified atom stereocenters. The first kappa shape index (κ1) is 26.2. The normalized spacial score (nSPS) is 13.4. The van der Waals surface area contributed by atoms with Gasteiger partial charge in [-0.25, -0.2) is 12.8 Å². The Bertz CT molecular complexity index is 1590. The summed E-state index contributed by atoms with van der Waals surface area (Å²) in [6.45, 7) is 2.03. The Kier molecular flexibility index (Phi) is 7.51. The van der Waals surface area contributed by atoms with Gasteiger partial charge < -0.3 is 14.8 Å². The number of carbonyl (C=O) groups is 1. The predicted octanol–water partition coefficient (Wildman–Crippen LogP) is 5.01. The van der Waals surface area contributed by atoms with Crippen molar-refractivity contribution < 1.29 is 27.1 Å². The molecule has 1 N–H and O–H groups in total. The Morgan fingerprint density at radius 2 is 1.59 bits per heavy atom. The lowest BCUT2D eigenvalue weighted by molar-refractivity contribution is -0.120. The monoisotopic (exact) mass is 546 g/mol. The molecule has 0 aliphatic carbocycles. The van der Waals surface area contributed by atoms with Gasteiger partial charge in [0.25, 0.3) is 10.0 Å². The Labute approximate surface area is 226 Å². The number of benzene rings is 4. The van der Waals surface area contributed by atoms with Crippen LogP contribution in [0, 0.1) is 12.7 Å². The van der Waals surface area contributed by atoms with E-state index < -0.39 is 34.3 Å². The van der Waals surface area contributed by atoms with Crippen molar-refractivity contribution in [1.29, 1.82) is 0 Å². The van der Waals surface area contributed by atoms with E-state index in [1.165, 1.54) is 36.4 Å². The molecule has 39 heavy (non-hydrogen) atoms. The van der Waals surface area contributed by atoms with Gasteiger partial charge in [-0.2, -0.15) is 0 Å². The number of carbonyl (C=O) groups excluding carboxylic acids is 1. The average molecular weight is 547 g/mol. The van der Waals surface area contributed by atoms with Gasteiger partial charge in [0.05, 0.1) is 16.6 Å². The summed E-state index contributed by atoms with van der Waals surface area (Å²) >= 11 is 0. The number of nitrogens with one attached hydrogen (secondary N) is 1. The van der Waals surface area contributed by atoms with Gasteiger partial charge in [0.15, 0.2) is 11.5 Å². The van der Waals surface area contributed by atoms with Crippen LogP contribution in [0.5, 0.6) is 11.5 Å². The largest absolute Gasteiger partial charge is 0.486 e. The highest BCUT2D eigenvalue weighted by Crippen LogP contribution is 2.34. The quantitative estimate of drug-likeness (QED) is 0.336. The van der Waals surface area contributed by atoms with Crippen molar-refractivity contribution >= 4 is 21.6 Å². The highest BCUT2D eigenvalue weighted by Gasteiger charge is 2.30. The summed E-state index contributed by atoms with van der Waals surface area (Å²) in [5.74, 6) is -0.471. The zero-order valence-electron chi connectivity index (χ0n) is 21.2. The molecular weight excluding hydrogens is 519 g/mol. The first-order chi connectivity index (χ1) is 18.8. The van der Waals surface area contributed by atoms with Crippen LogP contribution in [0.25, 0.3) is 0 Å². The fourth-order valence-corrected chi connectivity index (χ4v) is 5.88. The van der Waals surface area contributed by atoms with Crippen molar-refractivity contribution in [3.63, 3.8) is 0 Å². The van der Waals surface area contributed by atoms with Gasteiger partial charge in [-0.1, -0.05) is 66.2 Å². The van der Waals surface area contributed by atoms with E-state index in [4.69, 9.17) is 9.47 Å². The van der Waals surface area contributed by atoms with Crippen molar-refractivity contribution in [3.8, 4) is 11.5 Å². The van der Waals surface area contributed by atoms with Crippen LogP contribution in [-0.2, 0) is 14.8 Å². The molecule has 4 aromatic carbocycles. The Morgan fingerprint density at radius 3 is 2.33 bits per heavy atom. The number of anilines is 1. The molecule has 0 spiro atoms. The van der Waals surface area contributed by atoms with E-state index in [2.05, 4.69) is 5.32 Å². The number of fused-ring (bicyclic) bond motifs is 1. The molecule has 1 aliphatic rings. The molecule has 0 radical (unpaired) electrons. The van der Waals surface area contributed by atoms with Crippen LogP contribution >= 0.6 is 0 Å². The van der Waals surface area contributed by atoms with Gasteiger partial charge in [0.1, 0.15) is 25.6 Å². The maximum atomic E-state index is 14.2. The van der Waals surface area contributed by atoms with Crippen LogP contribution in [0.3, 0.4) is 0 Å². The number of aryl methyl sites for hydroxylation is 1. The van der Waals surface area contributed by atoms with E-state index in [1.807, 2.05) is 61.5 Å². The molecule has 7 nitrogen and oxygen atoms in total. The second-order valence-corrected chi connectivity index (χ2v) is 11.0. The number of hydrogen-bond acceptors (Lipinski definition) is 5. The van der Waals surface area contributed by atoms with Crippen molar-refractivity contribution in [2.45, 2.75) is 17.9 Å². The lowest BCUT2D eigenvalue weighted by Gasteiger charge is -2.27. The molecule has 1 heterocycles. The predicted molar refractivity (Wildman–Crippen MR) is 146 cm³/mol. The summed E-state index contributed by atoms with van der Waals surface area (Å²) in [4.78, 5) is 13.4. The van der Waals surface area contributed by atoms with Gasteiger partial charge in [-0.05, 0) is 48.4 Å². The van der Waals surface area contributed by atoms with Crippen LogP contribution < -0.4 is 19.1 Å². The average Bonchev–Trinajstić information content (AvgIpc) is 2.94. The van der Waals surface area contributed by atoms with Crippen LogP contribution in [-0.4, -0.2) is 34.1 Å². The first-order valence-electron chi connectivity index (χ1n) is 12.4. The maximum Gasteiger partial charge on any atom is 0.264 e. The van der Waals surface area contributed by atoms with Crippen LogP contribution in [0.4, 0.5) is 10.1 Å². The molecular formula is C30H27FN2O5S. The SMILES string of the molecule is Cc1cccc(C(NC(=O)CN(c2cccc(F)c2)S(=O)(=O)c2ccc3c(c2)OCCO3)c2ccccc2)c1. The number of halogens is 1. The van der Waals surface area contributed by atoms with Gasteiger partial charge in [0, 0.05) is 6.07 Å². The lowest BCUT2D eigenvalue weighted by atomic mass is 9.97. The van der Waals surface area contributed by atoms with E-state index >= 15 is 0 Å². The number of sulfonamides is 1. The van der Waals surface area contributed by atoms with E-state index in [9.17, 15) is 17.6 Å². The molecule has 1 atom stereocenters. The third kappa shape index (κ3) is 5.88. The zero-order valence-corrected chi connectivity index (χ0v) is 22.0. The molecule has 0 aromatic heterocycles. The van der Waals surface area contributed by atoms with E-state index in [1.54, 1.807) is 0 Å².